The number of carbonyl (C=O) groups is 1. The van der Waals surface area contributed by atoms with E-state index in [4.69, 9.17) is 4.42 Å². The van der Waals surface area contributed by atoms with Crippen LogP contribution in [0.5, 0.6) is 0 Å². The van der Waals surface area contributed by atoms with E-state index < -0.39 is 0 Å². The minimum absolute atomic E-state index is 0.170. The average Bonchev–Trinajstić information content (AvgIpc) is 2.99. The van der Waals surface area contributed by atoms with Gasteiger partial charge in [-0.1, -0.05) is 18.2 Å². The second-order valence-corrected chi connectivity index (χ2v) is 3.91. The van der Waals surface area contributed by atoms with Crippen LogP contribution >= 0.6 is 0 Å². The highest BCUT2D eigenvalue weighted by molar-refractivity contribution is 5.83. The third kappa shape index (κ3) is 4.81. The van der Waals surface area contributed by atoms with Gasteiger partial charge < -0.3 is 9.73 Å². The van der Waals surface area contributed by atoms with Crippen LogP contribution in [0.1, 0.15) is 5.76 Å². The van der Waals surface area contributed by atoms with E-state index in [-0.39, 0.29) is 12.5 Å². The van der Waals surface area contributed by atoms with Gasteiger partial charge in [0.05, 0.1) is 12.8 Å². The van der Waals surface area contributed by atoms with Crippen molar-refractivity contribution in [2.24, 2.45) is 5.10 Å². The van der Waals surface area contributed by atoms with E-state index in [9.17, 15) is 4.79 Å². The molecule has 1 amide bonds. The molecule has 5 heteroatoms. The number of anilines is 1. The van der Waals surface area contributed by atoms with Gasteiger partial charge in [0.1, 0.15) is 5.76 Å². The lowest BCUT2D eigenvalue weighted by Crippen LogP contribution is -2.25. The number of rotatable bonds is 6. The van der Waals surface area contributed by atoms with Crippen LogP contribution in [-0.2, 0) is 4.79 Å². The molecule has 0 saturated heterocycles. The second-order valence-electron chi connectivity index (χ2n) is 3.91. The summed E-state index contributed by atoms with van der Waals surface area (Å²) in [6.45, 7) is 0.170. The van der Waals surface area contributed by atoms with Crippen molar-refractivity contribution < 1.29 is 9.21 Å². The number of furan rings is 1. The Hall–Kier alpha value is -2.82. The Morgan fingerprint density at radius 1 is 1.20 bits per heavy atom. The molecule has 0 fully saturated rings. The number of nitrogens with zero attached hydrogens (tertiary/aromatic N) is 1. The van der Waals surface area contributed by atoms with Gasteiger partial charge in [0.25, 0.3) is 5.91 Å². The molecule has 1 aromatic carbocycles. The number of hydrazone groups is 1. The molecule has 0 spiro atoms. The Morgan fingerprint density at radius 3 is 2.80 bits per heavy atom. The fourth-order valence-electron chi connectivity index (χ4n) is 1.45. The monoisotopic (exact) mass is 269 g/mol. The van der Waals surface area contributed by atoms with Crippen molar-refractivity contribution in [3.8, 4) is 0 Å². The molecule has 1 heterocycles. The number of allylic oxidation sites excluding steroid dienone is 1. The standard InChI is InChI=1S/C15H15N3O2/c19-15(12-16-13-6-2-1-3-7-13)18-17-10-4-8-14-9-5-11-20-14/h1-11,16H,12H2,(H,18,19)/b8-4+,17-10-. The predicted octanol–water partition coefficient (Wildman–Crippen LogP) is 2.51. The molecule has 2 N–H and O–H groups in total. The van der Waals surface area contributed by atoms with E-state index in [1.165, 1.54) is 6.21 Å². The van der Waals surface area contributed by atoms with Gasteiger partial charge in [0.2, 0.25) is 0 Å². The lowest BCUT2D eigenvalue weighted by atomic mass is 10.3. The van der Waals surface area contributed by atoms with E-state index in [0.29, 0.717) is 0 Å². The largest absolute Gasteiger partial charge is 0.465 e. The molecule has 20 heavy (non-hydrogen) atoms. The highest BCUT2D eigenvalue weighted by Crippen LogP contribution is 2.03. The summed E-state index contributed by atoms with van der Waals surface area (Å²) >= 11 is 0. The number of hydrogen-bond acceptors (Lipinski definition) is 4. The van der Waals surface area contributed by atoms with Crippen LogP contribution in [0.2, 0.25) is 0 Å². The third-order valence-electron chi connectivity index (χ3n) is 2.38. The van der Waals surface area contributed by atoms with Gasteiger partial charge in [-0.15, -0.1) is 0 Å². The second kappa shape index (κ2) is 7.58. The molecule has 0 radical (unpaired) electrons. The first-order valence-electron chi connectivity index (χ1n) is 6.15. The van der Waals surface area contributed by atoms with Gasteiger partial charge >= 0.3 is 0 Å². The zero-order valence-corrected chi connectivity index (χ0v) is 10.8. The molecular weight excluding hydrogens is 254 g/mol. The molecule has 0 bridgehead atoms. The van der Waals surface area contributed by atoms with Gasteiger partial charge in [-0.05, 0) is 36.4 Å². The van der Waals surface area contributed by atoms with E-state index in [1.54, 1.807) is 24.5 Å². The molecule has 0 unspecified atom stereocenters. The summed E-state index contributed by atoms with van der Waals surface area (Å²) in [6.07, 6.45) is 6.51. The fourth-order valence-corrected chi connectivity index (χ4v) is 1.45. The molecule has 1 aromatic heterocycles. The molecule has 2 rings (SSSR count). The number of carbonyl (C=O) groups excluding carboxylic acids is 1. The number of nitrogens with one attached hydrogen (secondary N) is 2. The van der Waals surface area contributed by atoms with Crippen LogP contribution in [0.15, 0.2) is 64.3 Å². The molecule has 0 aliphatic rings. The fraction of sp³-hybridized carbons (Fsp3) is 0.0667. The number of benzene rings is 1. The Morgan fingerprint density at radius 2 is 2.05 bits per heavy atom. The van der Waals surface area contributed by atoms with Crippen molar-refractivity contribution in [1.82, 2.24) is 5.43 Å². The Kier molecular flexibility index (Phi) is 5.16. The summed E-state index contributed by atoms with van der Waals surface area (Å²) < 4.78 is 5.10. The van der Waals surface area contributed by atoms with Gasteiger partial charge in [-0.25, -0.2) is 5.43 Å². The van der Waals surface area contributed by atoms with Crippen LogP contribution in [0, 0.1) is 0 Å². The summed E-state index contributed by atoms with van der Waals surface area (Å²) in [6, 6.07) is 13.1. The molecule has 0 aliphatic carbocycles. The molecule has 0 aliphatic heterocycles. The summed E-state index contributed by atoms with van der Waals surface area (Å²) in [4.78, 5) is 11.5. The van der Waals surface area contributed by atoms with E-state index >= 15 is 0 Å². The summed E-state index contributed by atoms with van der Waals surface area (Å²) in [5, 5.41) is 6.78. The van der Waals surface area contributed by atoms with Crippen molar-refractivity contribution in [2.75, 3.05) is 11.9 Å². The molecule has 0 saturated carbocycles. The molecule has 102 valence electrons. The lowest BCUT2D eigenvalue weighted by Gasteiger charge is -2.03. The Labute approximate surface area is 117 Å². The SMILES string of the molecule is O=C(CNc1ccccc1)N/N=C\C=C\c1ccco1. The minimum Gasteiger partial charge on any atom is -0.465 e. The highest BCUT2D eigenvalue weighted by atomic mass is 16.3. The summed E-state index contributed by atoms with van der Waals surface area (Å²) in [5.74, 6) is 0.519. The molecular formula is C15H15N3O2. The zero-order valence-electron chi connectivity index (χ0n) is 10.8. The summed E-state index contributed by atoms with van der Waals surface area (Å²) in [7, 11) is 0. The van der Waals surface area contributed by atoms with Gasteiger partial charge in [0.15, 0.2) is 0 Å². The van der Waals surface area contributed by atoms with Crippen LogP contribution in [0.25, 0.3) is 6.08 Å². The average molecular weight is 269 g/mol. The Bertz CT molecular complexity index is 574. The number of amides is 1. The van der Waals surface area contributed by atoms with Crippen molar-refractivity contribution in [1.29, 1.82) is 0 Å². The number of hydrogen-bond donors (Lipinski definition) is 2. The first-order valence-corrected chi connectivity index (χ1v) is 6.15. The normalized spacial score (nSPS) is 11.0. The van der Waals surface area contributed by atoms with Crippen LogP contribution in [-0.4, -0.2) is 18.7 Å². The number of para-hydroxylation sites is 1. The Balaban J connectivity index is 1.67. The maximum absolute atomic E-state index is 11.5. The molecule has 5 nitrogen and oxygen atoms in total. The van der Waals surface area contributed by atoms with Gasteiger partial charge in [-0.3, -0.25) is 4.79 Å². The van der Waals surface area contributed by atoms with Crippen LogP contribution in [0.3, 0.4) is 0 Å². The van der Waals surface area contributed by atoms with Crippen molar-refractivity contribution in [3.63, 3.8) is 0 Å². The quantitative estimate of drug-likeness (QED) is 0.625. The maximum atomic E-state index is 11.5. The molecule has 2 aromatic rings. The van der Waals surface area contributed by atoms with Crippen LogP contribution in [0.4, 0.5) is 5.69 Å². The van der Waals surface area contributed by atoms with E-state index in [0.717, 1.165) is 11.4 Å². The van der Waals surface area contributed by atoms with E-state index in [1.807, 2.05) is 36.4 Å². The minimum atomic E-state index is -0.212. The summed E-state index contributed by atoms with van der Waals surface area (Å²) in [5.41, 5.74) is 3.31. The zero-order chi connectivity index (χ0) is 14.0. The maximum Gasteiger partial charge on any atom is 0.259 e. The topological polar surface area (TPSA) is 66.6 Å². The third-order valence-corrected chi connectivity index (χ3v) is 2.38. The molecule has 0 atom stereocenters. The van der Waals surface area contributed by atoms with Crippen LogP contribution < -0.4 is 10.7 Å². The van der Waals surface area contributed by atoms with Gasteiger partial charge in [0, 0.05) is 11.9 Å². The predicted molar refractivity (Wildman–Crippen MR) is 79.3 cm³/mol. The lowest BCUT2D eigenvalue weighted by molar-refractivity contribution is -0.119. The van der Waals surface area contributed by atoms with Crippen molar-refractivity contribution in [2.45, 2.75) is 0 Å². The van der Waals surface area contributed by atoms with Crippen molar-refractivity contribution in [3.05, 3.63) is 60.6 Å². The van der Waals surface area contributed by atoms with E-state index in [2.05, 4.69) is 15.8 Å². The first-order chi connectivity index (χ1) is 9.84. The van der Waals surface area contributed by atoms with Crippen molar-refractivity contribution >= 4 is 23.9 Å². The van der Waals surface area contributed by atoms with Gasteiger partial charge in [-0.2, -0.15) is 5.10 Å². The first kappa shape index (κ1) is 13.6. The highest BCUT2D eigenvalue weighted by Gasteiger charge is 1.97. The smallest absolute Gasteiger partial charge is 0.259 e.